The second kappa shape index (κ2) is 29.4. The van der Waals surface area contributed by atoms with Crippen molar-refractivity contribution in [3.63, 3.8) is 0 Å². The van der Waals surface area contributed by atoms with E-state index in [0.29, 0.717) is 13.1 Å². The molecule has 0 bridgehead atoms. The Kier molecular flexibility index (Phi) is 51.3. The second-order valence-corrected chi connectivity index (χ2v) is 2.13. The van der Waals surface area contributed by atoms with Crippen molar-refractivity contribution in [3.05, 3.63) is 0 Å². The van der Waals surface area contributed by atoms with Crippen molar-refractivity contribution in [2.24, 2.45) is 11.5 Å². The van der Waals surface area contributed by atoms with Gasteiger partial charge in [0, 0.05) is 50.9 Å². The first-order valence-corrected chi connectivity index (χ1v) is 4.10. The molecule has 0 rings (SSSR count). The molecule has 0 aromatic rings. The van der Waals surface area contributed by atoms with E-state index in [0.717, 1.165) is 20.8 Å². The van der Waals surface area contributed by atoms with Crippen LogP contribution in [0, 0.1) is 0 Å². The van der Waals surface area contributed by atoms with Gasteiger partial charge in [-0.1, -0.05) is 0 Å². The minimum Gasteiger partial charge on any atom is -0.481 e. The maximum absolute atomic E-state index is 9.00. The van der Waals surface area contributed by atoms with E-state index in [2.05, 4.69) is 0 Å². The number of rotatable bonds is 1. The molecule has 0 aliphatic rings. The van der Waals surface area contributed by atoms with Gasteiger partial charge in [-0.15, -0.1) is 0 Å². The third kappa shape index (κ3) is 108000. The van der Waals surface area contributed by atoms with Gasteiger partial charge in [0.15, 0.2) is 0 Å². The van der Waals surface area contributed by atoms with Gasteiger partial charge in [-0.25, -0.2) is 0 Å². The zero-order valence-corrected chi connectivity index (χ0v) is 11.1. The minimum atomic E-state index is -0.833. The fourth-order valence-electron chi connectivity index (χ4n) is 0. The van der Waals surface area contributed by atoms with Crippen LogP contribution in [0.25, 0.3) is 0 Å². The van der Waals surface area contributed by atoms with E-state index < -0.39 is 17.9 Å². The SMILES string of the molecule is CC(=O)O.CC(=O)O.CC(=O)O.NCCN.[Fe]. The van der Waals surface area contributed by atoms with Gasteiger partial charge < -0.3 is 26.8 Å². The molecule has 0 unspecified atom stereocenters. The van der Waals surface area contributed by atoms with Gasteiger partial charge in [0.25, 0.3) is 17.9 Å². The largest absolute Gasteiger partial charge is 0.481 e. The van der Waals surface area contributed by atoms with Crippen LogP contribution in [0.3, 0.4) is 0 Å². The van der Waals surface area contributed by atoms with Crippen LogP contribution < -0.4 is 11.5 Å². The standard InChI is InChI=1S/C2H8N2.3C2H4O2.Fe/c3-1-2-4;3*1-2(3)4;/h1-4H2;3*1H3,(H,3,4);. The molecule has 0 aliphatic heterocycles. The second-order valence-electron chi connectivity index (χ2n) is 2.13. The summed E-state index contributed by atoms with van der Waals surface area (Å²) >= 11 is 0. The zero-order valence-electron chi connectivity index (χ0n) is 9.99. The molecule has 0 fully saturated rings. The zero-order chi connectivity index (χ0) is 14.1. The topological polar surface area (TPSA) is 164 Å². The Morgan fingerprint density at radius 3 is 0.824 bits per heavy atom. The molecule has 0 aromatic carbocycles. The van der Waals surface area contributed by atoms with Crippen LogP contribution in [-0.2, 0) is 31.5 Å². The predicted octanol–water partition coefficient (Wildman–Crippen LogP) is -0.826. The Labute approximate surface area is 110 Å². The number of carbonyl (C=O) groups is 3. The third-order valence-electron chi connectivity index (χ3n) is 0.167. The van der Waals surface area contributed by atoms with Crippen LogP contribution in [0.4, 0.5) is 0 Å². The minimum absolute atomic E-state index is 0. The Morgan fingerprint density at radius 1 is 0.765 bits per heavy atom. The van der Waals surface area contributed by atoms with Gasteiger partial charge in [-0.05, 0) is 0 Å². The summed E-state index contributed by atoms with van der Waals surface area (Å²) < 4.78 is 0. The van der Waals surface area contributed by atoms with E-state index in [1.807, 2.05) is 0 Å². The Hall–Kier alpha value is -1.15. The van der Waals surface area contributed by atoms with Crippen molar-refractivity contribution in [2.75, 3.05) is 13.1 Å². The summed E-state index contributed by atoms with van der Waals surface area (Å²) in [5, 5.41) is 22.2. The number of carboxylic acid groups (broad SMARTS) is 3. The number of hydrogen-bond acceptors (Lipinski definition) is 5. The first kappa shape index (κ1) is 29.7. The van der Waals surface area contributed by atoms with Gasteiger partial charge in [0.2, 0.25) is 0 Å². The molecule has 0 heterocycles. The smallest absolute Gasteiger partial charge is 0.300 e. The fourth-order valence-corrected chi connectivity index (χ4v) is 0. The summed E-state index contributed by atoms with van der Waals surface area (Å²) in [6.07, 6.45) is 0. The average molecular weight is 296 g/mol. The number of nitrogens with two attached hydrogens (primary N) is 2. The predicted molar refractivity (Wildman–Crippen MR) is 58.0 cm³/mol. The van der Waals surface area contributed by atoms with Gasteiger partial charge >= 0.3 is 0 Å². The molecule has 106 valence electrons. The molecule has 0 radical (unpaired) electrons. The van der Waals surface area contributed by atoms with Crippen LogP contribution in [-0.4, -0.2) is 46.3 Å². The molecule has 8 nitrogen and oxygen atoms in total. The summed E-state index contributed by atoms with van der Waals surface area (Å²) in [5.74, 6) is -2.50. The van der Waals surface area contributed by atoms with E-state index in [9.17, 15) is 0 Å². The molecule has 0 saturated carbocycles. The van der Waals surface area contributed by atoms with Crippen molar-refractivity contribution in [1.29, 1.82) is 0 Å². The van der Waals surface area contributed by atoms with Crippen LogP contribution in [0.15, 0.2) is 0 Å². The molecule has 9 heteroatoms. The molecule has 0 aromatic heterocycles. The number of carboxylic acids is 3. The number of hydrogen-bond donors (Lipinski definition) is 5. The quantitative estimate of drug-likeness (QED) is 0.391. The van der Waals surface area contributed by atoms with Crippen molar-refractivity contribution in [3.8, 4) is 0 Å². The summed E-state index contributed by atoms with van der Waals surface area (Å²) in [7, 11) is 0. The molecule has 0 aliphatic carbocycles. The molecule has 17 heavy (non-hydrogen) atoms. The normalized spacial score (nSPS) is 6.18. The fraction of sp³-hybridized carbons (Fsp3) is 0.625. The maximum Gasteiger partial charge on any atom is 0.300 e. The van der Waals surface area contributed by atoms with Crippen molar-refractivity contribution < 1.29 is 46.8 Å². The third-order valence-corrected chi connectivity index (χ3v) is 0.167. The first-order chi connectivity index (χ1) is 7.11. The monoisotopic (exact) mass is 296 g/mol. The van der Waals surface area contributed by atoms with E-state index in [4.69, 9.17) is 41.2 Å². The van der Waals surface area contributed by atoms with E-state index >= 15 is 0 Å². The Morgan fingerprint density at radius 2 is 0.824 bits per heavy atom. The van der Waals surface area contributed by atoms with Crippen LogP contribution in [0.2, 0.25) is 0 Å². The molecular formula is C8H20FeN2O6. The summed E-state index contributed by atoms with van der Waals surface area (Å²) in [6.45, 7) is 4.44. The molecule has 0 saturated heterocycles. The number of aliphatic carboxylic acids is 3. The van der Waals surface area contributed by atoms with Crippen LogP contribution in [0.5, 0.6) is 0 Å². The first-order valence-electron chi connectivity index (χ1n) is 4.10. The summed E-state index contributed by atoms with van der Waals surface area (Å²) in [6, 6.07) is 0. The van der Waals surface area contributed by atoms with Crippen molar-refractivity contribution in [1.82, 2.24) is 0 Å². The molecule has 7 N–H and O–H groups in total. The molecule has 0 atom stereocenters. The Bertz CT molecular complexity index is 146. The Balaban J connectivity index is -0.0000000369. The summed E-state index contributed by atoms with van der Waals surface area (Å²) in [4.78, 5) is 27.0. The van der Waals surface area contributed by atoms with Gasteiger partial charge in [0.05, 0.1) is 0 Å². The van der Waals surface area contributed by atoms with E-state index in [1.165, 1.54) is 0 Å². The van der Waals surface area contributed by atoms with Gasteiger partial charge in [0.1, 0.15) is 0 Å². The molecule has 0 amide bonds. The van der Waals surface area contributed by atoms with Crippen molar-refractivity contribution in [2.45, 2.75) is 20.8 Å². The molecular weight excluding hydrogens is 276 g/mol. The maximum atomic E-state index is 9.00. The average Bonchev–Trinajstić information content (AvgIpc) is 2.00. The van der Waals surface area contributed by atoms with E-state index in [-0.39, 0.29) is 17.1 Å². The molecule has 0 spiro atoms. The van der Waals surface area contributed by atoms with E-state index in [1.54, 1.807) is 0 Å². The van der Waals surface area contributed by atoms with Crippen LogP contribution >= 0.6 is 0 Å². The van der Waals surface area contributed by atoms with Gasteiger partial charge in [-0.3, -0.25) is 14.4 Å². The van der Waals surface area contributed by atoms with Crippen LogP contribution in [0.1, 0.15) is 20.8 Å². The van der Waals surface area contributed by atoms with Gasteiger partial charge in [-0.2, -0.15) is 0 Å². The van der Waals surface area contributed by atoms with Crippen molar-refractivity contribution >= 4 is 17.9 Å². The summed E-state index contributed by atoms with van der Waals surface area (Å²) in [5.41, 5.74) is 9.81.